The van der Waals surface area contributed by atoms with Crippen molar-refractivity contribution in [3.8, 4) is 11.5 Å². The van der Waals surface area contributed by atoms with Gasteiger partial charge in [-0.05, 0) is 49.6 Å². The molecule has 2 heterocycles. The first-order chi connectivity index (χ1) is 21.2. The number of rotatable bonds is 16. The highest BCUT2D eigenvalue weighted by molar-refractivity contribution is 7.94. The van der Waals surface area contributed by atoms with E-state index in [0.29, 0.717) is 29.9 Å². The maximum Gasteiger partial charge on any atom is 0.311 e. The molecule has 1 aromatic carbocycles. The van der Waals surface area contributed by atoms with Gasteiger partial charge in [-0.3, -0.25) is 9.59 Å². The molecule has 19 heteroatoms. The Balaban J connectivity index is 1.83. The van der Waals surface area contributed by atoms with Crippen LogP contribution in [0.4, 0.5) is 0 Å². The molecule has 0 spiro atoms. The molecule has 248 valence electrons. The molecule has 1 atom stereocenters. The van der Waals surface area contributed by atoms with Crippen molar-refractivity contribution in [2.45, 2.75) is 40.6 Å². The van der Waals surface area contributed by atoms with Gasteiger partial charge in [0.1, 0.15) is 8.42 Å². The Morgan fingerprint density at radius 2 is 1.93 bits per heavy atom. The lowest BCUT2D eigenvalue weighted by Gasteiger charge is -2.38. The van der Waals surface area contributed by atoms with Gasteiger partial charge in [-0.15, -0.1) is 21.5 Å². The number of esters is 1. The third-order valence-electron chi connectivity index (χ3n) is 6.60. The lowest BCUT2D eigenvalue weighted by molar-refractivity contribution is -0.757. The molecule has 1 amide bonds. The Morgan fingerprint density at radius 1 is 1.20 bits per heavy atom. The van der Waals surface area contributed by atoms with Crippen LogP contribution < -0.4 is 14.6 Å². The van der Waals surface area contributed by atoms with Crippen LogP contribution in [0.15, 0.2) is 38.8 Å². The van der Waals surface area contributed by atoms with Crippen molar-refractivity contribution >= 4 is 49.3 Å². The van der Waals surface area contributed by atoms with E-state index in [1.54, 1.807) is 13.0 Å². The SMILES string of the molecule is CCN(C(=O)/C=C/c1ccc(OC(=O)CCCO[N+](=O)[O-])c(OC)c1)[C@H]1CN(CCCOC)S(=O)(=O)c2sc(S(N)(=O)=O)cc21. The van der Waals surface area contributed by atoms with Gasteiger partial charge in [-0.25, -0.2) is 22.0 Å². The van der Waals surface area contributed by atoms with Gasteiger partial charge in [0.05, 0.1) is 19.8 Å². The number of hydrogen-bond acceptors (Lipinski definition) is 13. The number of nitrogens with zero attached hydrogens (tertiary/aromatic N) is 3. The number of carbonyl (C=O) groups excluding carboxylic acids is 2. The molecular weight excluding hydrogens is 657 g/mol. The van der Waals surface area contributed by atoms with Crippen LogP contribution in [0.3, 0.4) is 0 Å². The summed E-state index contributed by atoms with van der Waals surface area (Å²) in [6, 6.07) is 4.97. The summed E-state index contributed by atoms with van der Waals surface area (Å²) in [5.74, 6) is -0.834. The smallest absolute Gasteiger partial charge is 0.311 e. The minimum absolute atomic E-state index is 0.0764. The van der Waals surface area contributed by atoms with Crippen molar-refractivity contribution in [1.82, 2.24) is 9.21 Å². The Morgan fingerprint density at radius 3 is 2.56 bits per heavy atom. The topological polar surface area (TPSA) is 215 Å². The van der Waals surface area contributed by atoms with E-state index < -0.39 is 43.1 Å². The van der Waals surface area contributed by atoms with Gasteiger partial charge in [-0.1, -0.05) is 6.07 Å². The van der Waals surface area contributed by atoms with Gasteiger partial charge < -0.3 is 23.9 Å². The summed E-state index contributed by atoms with van der Waals surface area (Å²) >= 11 is 0.549. The summed E-state index contributed by atoms with van der Waals surface area (Å²) < 4.78 is 67.4. The number of nitrogens with two attached hydrogens (primary N) is 1. The summed E-state index contributed by atoms with van der Waals surface area (Å²) in [5, 5.41) is 14.6. The van der Waals surface area contributed by atoms with Crippen molar-refractivity contribution < 1.29 is 50.6 Å². The lowest BCUT2D eigenvalue weighted by Crippen LogP contribution is -2.46. The number of thiophene rings is 1. The predicted octanol–water partition coefficient (Wildman–Crippen LogP) is 1.94. The van der Waals surface area contributed by atoms with Crippen molar-refractivity contribution in [3.05, 3.63) is 51.6 Å². The van der Waals surface area contributed by atoms with Gasteiger partial charge in [0.15, 0.2) is 11.5 Å². The maximum absolute atomic E-state index is 13.5. The largest absolute Gasteiger partial charge is 0.493 e. The molecule has 3 rings (SSSR count). The Bertz CT molecular complexity index is 1640. The molecular formula is C26H34N4O12S3. The second-order valence-corrected chi connectivity index (χ2v) is 14.6. The average molecular weight is 691 g/mol. The molecule has 45 heavy (non-hydrogen) atoms. The van der Waals surface area contributed by atoms with Crippen LogP contribution in [0.25, 0.3) is 6.08 Å². The summed E-state index contributed by atoms with van der Waals surface area (Å²) in [6.07, 6.45) is 3.11. The summed E-state index contributed by atoms with van der Waals surface area (Å²) in [4.78, 5) is 41.4. The molecule has 1 aliphatic heterocycles. The van der Waals surface area contributed by atoms with Crippen LogP contribution in [-0.2, 0) is 39.2 Å². The number of carbonyl (C=O) groups is 2. The number of likely N-dealkylation sites (N-methyl/N-ethyl adjacent to an activating group) is 1. The highest BCUT2D eigenvalue weighted by Crippen LogP contribution is 2.42. The summed E-state index contributed by atoms with van der Waals surface area (Å²) in [5.41, 5.74) is 0.684. The minimum atomic E-state index is -4.21. The zero-order chi connectivity index (χ0) is 33.4. The predicted molar refractivity (Wildman–Crippen MR) is 161 cm³/mol. The first-order valence-corrected chi connectivity index (χ1v) is 17.3. The monoisotopic (exact) mass is 690 g/mol. The van der Waals surface area contributed by atoms with Crippen LogP contribution in [0.1, 0.15) is 43.4 Å². The standard InChI is InChI=1S/C26H34N4O12S3/c1-4-29(20-17-28(12-6-13-39-2)45(37,38)26-19(20)16-25(43-26)44(27,35)36)23(31)11-9-18-8-10-21(22(15-18)40-3)42-24(32)7-5-14-41-30(33)34/h8-11,15-16,20H,4-7,12-14,17H2,1-3H3,(H2,27,35,36)/b11-9+/t20-/m0/s1. The normalized spacial score (nSPS) is 16.2. The number of primary sulfonamides is 1. The Hall–Kier alpha value is -3.62. The first kappa shape index (κ1) is 35.9. The van der Waals surface area contributed by atoms with E-state index >= 15 is 0 Å². The second kappa shape index (κ2) is 15.6. The summed E-state index contributed by atoms with van der Waals surface area (Å²) in [6.45, 7) is 1.93. The quantitative estimate of drug-likeness (QED) is 0.0668. The molecule has 0 saturated carbocycles. The number of benzene rings is 1. The third-order valence-corrected chi connectivity index (χ3v) is 11.6. The highest BCUT2D eigenvalue weighted by atomic mass is 32.3. The Kier molecular flexibility index (Phi) is 12.4. The lowest BCUT2D eigenvalue weighted by atomic mass is 10.1. The number of fused-ring (bicyclic) bond motifs is 1. The molecule has 1 aliphatic rings. The van der Waals surface area contributed by atoms with Gasteiger partial charge in [0.25, 0.3) is 15.1 Å². The van der Waals surface area contributed by atoms with Crippen molar-refractivity contribution in [2.24, 2.45) is 5.14 Å². The molecule has 0 saturated heterocycles. The fourth-order valence-corrected chi connectivity index (χ4v) is 8.79. The Labute approximate surface area is 264 Å². The molecule has 0 aliphatic carbocycles. The van der Waals surface area contributed by atoms with E-state index in [2.05, 4.69) is 4.84 Å². The van der Waals surface area contributed by atoms with Crippen molar-refractivity contribution in [1.29, 1.82) is 0 Å². The van der Waals surface area contributed by atoms with Gasteiger partial charge in [0, 0.05) is 51.4 Å². The van der Waals surface area contributed by atoms with Crippen LogP contribution in [0, 0.1) is 10.1 Å². The minimum Gasteiger partial charge on any atom is -0.493 e. The maximum atomic E-state index is 13.5. The van der Waals surface area contributed by atoms with Crippen molar-refractivity contribution in [3.63, 3.8) is 0 Å². The summed E-state index contributed by atoms with van der Waals surface area (Å²) in [7, 11) is -5.41. The average Bonchev–Trinajstić information content (AvgIpc) is 3.45. The fourth-order valence-electron chi connectivity index (χ4n) is 4.50. The molecule has 0 bridgehead atoms. The van der Waals surface area contributed by atoms with E-state index in [4.69, 9.17) is 19.3 Å². The number of methoxy groups -OCH3 is 2. The van der Waals surface area contributed by atoms with Crippen LogP contribution >= 0.6 is 11.3 Å². The van der Waals surface area contributed by atoms with Gasteiger partial charge in [0.2, 0.25) is 15.9 Å². The molecule has 0 unspecified atom stereocenters. The van der Waals surface area contributed by atoms with E-state index in [9.17, 15) is 36.5 Å². The van der Waals surface area contributed by atoms with Crippen molar-refractivity contribution in [2.75, 3.05) is 47.1 Å². The van der Waals surface area contributed by atoms with E-state index in [1.165, 1.54) is 53.8 Å². The molecule has 16 nitrogen and oxygen atoms in total. The van der Waals surface area contributed by atoms with E-state index in [-0.39, 0.29) is 64.6 Å². The second-order valence-electron chi connectivity index (χ2n) is 9.58. The molecule has 2 aromatic rings. The zero-order valence-electron chi connectivity index (χ0n) is 24.7. The van der Waals surface area contributed by atoms with Crippen LogP contribution in [-0.4, -0.2) is 90.1 Å². The molecule has 0 radical (unpaired) electrons. The van der Waals surface area contributed by atoms with Gasteiger partial charge in [-0.2, -0.15) is 4.31 Å². The fraction of sp³-hybridized carbons (Fsp3) is 0.462. The number of ether oxygens (including phenoxy) is 3. The molecule has 0 fully saturated rings. The number of amides is 1. The van der Waals surface area contributed by atoms with E-state index in [0.717, 1.165) is 0 Å². The van der Waals surface area contributed by atoms with E-state index in [1.807, 2.05) is 0 Å². The zero-order valence-corrected chi connectivity index (χ0v) is 27.2. The first-order valence-electron chi connectivity index (χ1n) is 13.5. The van der Waals surface area contributed by atoms with Crippen LogP contribution in [0.2, 0.25) is 0 Å². The number of sulfonamides is 2. The molecule has 1 aromatic heterocycles. The van der Waals surface area contributed by atoms with Gasteiger partial charge >= 0.3 is 5.97 Å². The number of hydrogen-bond donors (Lipinski definition) is 1. The van der Waals surface area contributed by atoms with Crippen LogP contribution in [0.5, 0.6) is 11.5 Å². The molecule has 2 N–H and O–H groups in total. The highest BCUT2D eigenvalue weighted by Gasteiger charge is 2.42. The third kappa shape index (κ3) is 9.21.